The Kier molecular flexibility index (Phi) is 5.38. The fourth-order valence-electron chi connectivity index (χ4n) is 2.37. The van der Waals surface area contributed by atoms with E-state index in [9.17, 15) is 4.79 Å². The third-order valence-electron chi connectivity index (χ3n) is 3.43. The zero-order valence-electron chi connectivity index (χ0n) is 12.4. The molecule has 0 aliphatic heterocycles. The highest BCUT2D eigenvalue weighted by molar-refractivity contribution is 5.65. The van der Waals surface area contributed by atoms with Gasteiger partial charge >= 0.3 is 5.97 Å². The topological polar surface area (TPSA) is 35.5 Å². The summed E-state index contributed by atoms with van der Waals surface area (Å²) in [5, 5.41) is 0. The molecule has 0 N–H and O–H groups in total. The smallest absolute Gasteiger partial charge is 0.302 e. The highest BCUT2D eigenvalue weighted by atomic mass is 16.5. The zero-order valence-corrected chi connectivity index (χ0v) is 12.4. The van der Waals surface area contributed by atoms with E-state index in [-0.39, 0.29) is 11.9 Å². The predicted octanol–water partition coefficient (Wildman–Crippen LogP) is 3.78. The molecule has 2 aromatic carbocycles. The number of carbonyl (C=O) groups excluding carboxylic acids is 1. The normalized spacial score (nSPS) is 11.7. The van der Waals surface area contributed by atoms with E-state index < -0.39 is 0 Å². The van der Waals surface area contributed by atoms with E-state index >= 15 is 0 Å². The second kappa shape index (κ2) is 7.48. The molecule has 0 unspecified atom stereocenters. The second-order valence-corrected chi connectivity index (χ2v) is 4.87. The summed E-state index contributed by atoms with van der Waals surface area (Å²) in [5.74, 6) is 0.804. The molecule has 0 aromatic heterocycles. The van der Waals surface area contributed by atoms with Crippen LogP contribution in [0.2, 0.25) is 0 Å². The van der Waals surface area contributed by atoms with Crippen molar-refractivity contribution in [2.24, 2.45) is 0 Å². The molecule has 0 aliphatic carbocycles. The largest absolute Gasteiger partial charge is 0.497 e. The van der Waals surface area contributed by atoms with Crippen molar-refractivity contribution in [2.45, 2.75) is 19.3 Å². The Balaban J connectivity index is 2.19. The van der Waals surface area contributed by atoms with E-state index in [1.54, 1.807) is 7.11 Å². The molecule has 0 bridgehead atoms. The molecule has 1 atom stereocenters. The first-order chi connectivity index (χ1) is 10.2. The Labute approximate surface area is 125 Å². The van der Waals surface area contributed by atoms with Gasteiger partial charge in [0.25, 0.3) is 0 Å². The van der Waals surface area contributed by atoms with E-state index in [1.165, 1.54) is 18.1 Å². The van der Waals surface area contributed by atoms with Crippen LogP contribution in [-0.2, 0) is 9.53 Å². The lowest BCUT2D eigenvalue weighted by Gasteiger charge is -2.18. The predicted molar refractivity (Wildman–Crippen MR) is 82.5 cm³/mol. The van der Waals surface area contributed by atoms with Gasteiger partial charge in [-0.25, -0.2) is 0 Å². The van der Waals surface area contributed by atoms with Crippen LogP contribution in [-0.4, -0.2) is 19.7 Å². The minimum Gasteiger partial charge on any atom is -0.497 e. The molecule has 0 aliphatic rings. The minimum absolute atomic E-state index is 0.205. The summed E-state index contributed by atoms with van der Waals surface area (Å²) < 4.78 is 10.3. The molecule has 0 heterocycles. The number of hydrogen-bond acceptors (Lipinski definition) is 3. The van der Waals surface area contributed by atoms with Crippen LogP contribution in [0.4, 0.5) is 0 Å². The third-order valence-corrected chi connectivity index (χ3v) is 3.43. The fourth-order valence-corrected chi connectivity index (χ4v) is 2.37. The van der Waals surface area contributed by atoms with Crippen molar-refractivity contribution >= 4 is 5.97 Å². The Morgan fingerprint density at radius 1 is 1.00 bits per heavy atom. The standard InChI is InChI=1S/C18H20O3/c1-14(19)21-13-12-18(15-6-4-3-5-7-15)16-8-10-17(20-2)11-9-16/h3-11,18H,12-13H2,1-2H3/t18-/m1/s1. The Morgan fingerprint density at radius 2 is 1.62 bits per heavy atom. The Hall–Kier alpha value is -2.29. The van der Waals surface area contributed by atoms with E-state index in [2.05, 4.69) is 24.3 Å². The Morgan fingerprint density at radius 3 is 2.19 bits per heavy atom. The van der Waals surface area contributed by atoms with Crippen molar-refractivity contribution in [1.82, 2.24) is 0 Å². The highest BCUT2D eigenvalue weighted by Crippen LogP contribution is 2.29. The second-order valence-electron chi connectivity index (χ2n) is 4.87. The van der Waals surface area contributed by atoms with Crippen molar-refractivity contribution in [3.05, 3.63) is 65.7 Å². The summed E-state index contributed by atoms with van der Waals surface area (Å²) in [7, 11) is 1.66. The van der Waals surface area contributed by atoms with Gasteiger partial charge in [0.05, 0.1) is 13.7 Å². The van der Waals surface area contributed by atoms with E-state index in [0.29, 0.717) is 6.61 Å². The Bertz CT molecular complexity index is 561. The summed E-state index contributed by atoms with van der Waals surface area (Å²) in [6.07, 6.45) is 0.760. The maximum Gasteiger partial charge on any atom is 0.302 e. The lowest BCUT2D eigenvalue weighted by molar-refractivity contribution is -0.141. The summed E-state index contributed by atoms with van der Waals surface area (Å²) in [6.45, 7) is 1.85. The highest BCUT2D eigenvalue weighted by Gasteiger charge is 2.14. The van der Waals surface area contributed by atoms with Crippen molar-refractivity contribution in [1.29, 1.82) is 0 Å². The number of methoxy groups -OCH3 is 1. The maximum absolute atomic E-state index is 10.9. The number of carbonyl (C=O) groups is 1. The van der Waals surface area contributed by atoms with Crippen LogP contribution < -0.4 is 4.74 Å². The molecule has 0 spiro atoms. The average molecular weight is 284 g/mol. The molecule has 0 saturated carbocycles. The molecule has 21 heavy (non-hydrogen) atoms. The van der Waals surface area contributed by atoms with E-state index in [4.69, 9.17) is 9.47 Å². The van der Waals surface area contributed by atoms with Crippen LogP contribution in [0.15, 0.2) is 54.6 Å². The fraction of sp³-hybridized carbons (Fsp3) is 0.278. The molecule has 3 heteroatoms. The van der Waals surface area contributed by atoms with Gasteiger partial charge in [0, 0.05) is 12.8 Å². The summed E-state index contributed by atoms with van der Waals surface area (Å²) >= 11 is 0. The van der Waals surface area contributed by atoms with Gasteiger partial charge in [-0.15, -0.1) is 0 Å². The lowest BCUT2D eigenvalue weighted by Crippen LogP contribution is -2.08. The molecule has 2 rings (SSSR count). The van der Waals surface area contributed by atoms with Crippen LogP contribution in [0.25, 0.3) is 0 Å². The average Bonchev–Trinajstić information content (AvgIpc) is 2.52. The maximum atomic E-state index is 10.9. The van der Waals surface area contributed by atoms with Gasteiger partial charge in [-0.3, -0.25) is 4.79 Å². The van der Waals surface area contributed by atoms with Gasteiger partial charge in [0.15, 0.2) is 0 Å². The van der Waals surface area contributed by atoms with Crippen LogP contribution >= 0.6 is 0 Å². The number of hydrogen-bond donors (Lipinski definition) is 0. The van der Waals surface area contributed by atoms with Gasteiger partial charge in [-0.05, 0) is 29.7 Å². The molecule has 0 amide bonds. The monoisotopic (exact) mass is 284 g/mol. The molecule has 0 fully saturated rings. The molecular weight excluding hydrogens is 264 g/mol. The van der Waals surface area contributed by atoms with Crippen molar-refractivity contribution in [3.8, 4) is 5.75 Å². The quantitative estimate of drug-likeness (QED) is 0.757. The van der Waals surface area contributed by atoms with E-state index in [0.717, 1.165) is 12.2 Å². The van der Waals surface area contributed by atoms with Crippen LogP contribution in [0.1, 0.15) is 30.4 Å². The number of ether oxygens (including phenoxy) is 2. The number of rotatable bonds is 6. The zero-order chi connectivity index (χ0) is 15.1. The first-order valence-electron chi connectivity index (χ1n) is 7.03. The molecule has 3 nitrogen and oxygen atoms in total. The van der Waals surface area contributed by atoms with Crippen LogP contribution in [0.3, 0.4) is 0 Å². The molecule has 0 saturated heterocycles. The van der Waals surface area contributed by atoms with Gasteiger partial charge in [-0.1, -0.05) is 42.5 Å². The van der Waals surface area contributed by atoms with E-state index in [1.807, 2.05) is 30.3 Å². The molecule has 110 valence electrons. The van der Waals surface area contributed by atoms with Gasteiger partial charge in [-0.2, -0.15) is 0 Å². The van der Waals surface area contributed by atoms with Gasteiger partial charge in [0.1, 0.15) is 5.75 Å². The number of esters is 1. The third kappa shape index (κ3) is 4.35. The van der Waals surface area contributed by atoms with Gasteiger partial charge in [0.2, 0.25) is 0 Å². The van der Waals surface area contributed by atoms with Gasteiger partial charge < -0.3 is 9.47 Å². The first-order valence-corrected chi connectivity index (χ1v) is 7.03. The number of benzene rings is 2. The van der Waals surface area contributed by atoms with Crippen molar-refractivity contribution < 1.29 is 14.3 Å². The van der Waals surface area contributed by atoms with Crippen molar-refractivity contribution in [2.75, 3.05) is 13.7 Å². The molecule has 2 aromatic rings. The lowest BCUT2D eigenvalue weighted by atomic mass is 9.89. The first kappa shape index (κ1) is 15.1. The van der Waals surface area contributed by atoms with Crippen LogP contribution in [0.5, 0.6) is 5.75 Å². The SMILES string of the molecule is COc1ccc([C@H](CCOC(C)=O)c2ccccc2)cc1. The van der Waals surface area contributed by atoms with Crippen LogP contribution in [0, 0.1) is 0 Å². The summed E-state index contributed by atoms with van der Waals surface area (Å²) in [5.41, 5.74) is 2.41. The summed E-state index contributed by atoms with van der Waals surface area (Å²) in [6, 6.07) is 18.3. The van der Waals surface area contributed by atoms with Crippen molar-refractivity contribution in [3.63, 3.8) is 0 Å². The summed E-state index contributed by atoms with van der Waals surface area (Å²) in [4.78, 5) is 10.9. The molecular formula is C18H20O3. The minimum atomic E-state index is -0.239. The molecule has 0 radical (unpaired) electrons.